The normalized spacial score (nSPS) is 17.7. The number of anilines is 2. The zero-order valence-electron chi connectivity index (χ0n) is 19.6. The number of nitrogens with two attached hydrogens (primary N) is 1. The van der Waals surface area contributed by atoms with Crippen molar-refractivity contribution in [3.05, 3.63) is 53.6 Å². The maximum atomic E-state index is 12.9. The summed E-state index contributed by atoms with van der Waals surface area (Å²) >= 11 is 1.59. The highest BCUT2D eigenvalue weighted by Gasteiger charge is 2.32. The Labute approximate surface area is 211 Å². The lowest BCUT2D eigenvalue weighted by Gasteiger charge is -2.32. The van der Waals surface area contributed by atoms with E-state index in [0.717, 1.165) is 29.9 Å². The second-order valence-electron chi connectivity index (χ2n) is 8.37. The van der Waals surface area contributed by atoms with Crippen LogP contribution in [-0.4, -0.2) is 42.7 Å². The topological polar surface area (TPSA) is 125 Å². The maximum absolute atomic E-state index is 12.9. The number of alkyl halides is 3. The number of carbonyl (C=O) groups is 3. The van der Waals surface area contributed by atoms with Crippen LogP contribution in [0.1, 0.15) is 41.6 Å². The van der Waals surface area contributed by atoms with Crippen LogP contribution in [0.25, 0.3) is 0 Å². The Morgan fingerprint density at radius 2 is 1.64 bits per heavy atom. The number of urea groups is 1. The molecule has 194 valence electrons. The lowest BCUT2D eigenvalue weighted by Crippen LogP contribution is -2.55. The highest BCUT2D eigenvalue weighted by atomic mass is 32.2. The number of nitrogens with one attached hydrogen (secondary N) is 4. The van der Waals surface area contributed by atoms with Crippen molar-refractivity contribution in [2.75, 3.05) is 23.9 Å². The Morgan fingerprint density at radius 1 is 1.00 bits per heavy atom. The van der Waals surface area contributed by atoms with Crippen molar-refractivity contribution in [1.29, 1.82) is 0 Å². The van der Waals surface area contributed by atoms with Gasteiger partial charge in [0.15, 0.2) is 0 Å². The Bertz CT molecular complexity index is 1100. The number of thioether (sulfide) groups is 1. The van der Waals surface area contributed by atoms with E-state index in [-0.39, 0.29) is 23.3 Å². The third-order valence-corrected chi connectivity index (χ3v) is 6.56. The van der Waals surface area contributed by atoms with Crippen molar-refractivity contribution < 1.29 is 27.6 Å². The van der Waals surface area contributed by atoms with Gasteiger partial charge in [-0.3, -0.25) is 9.59 Å². The summed E-state index contributed by atoms with van der Waals surface area (Å²) in [5, 5.41) is 10.8. The molecule has 0 unspecified atom stereocenters. The molecule has 8 nitrogen and oxygen atoms in total. The fourth-order valence-electron chi connectivity index (χ4n) is 3.93. The zero-order chi connectivity index (χ0) is 26.3. The number of hydrogen-bond donors (Lipinski definition) is 5. The van der Waals surface area contributed by atoms with E-state index >= 15 is 0 Å². The Balaban J connectivity index is 1.53. The number of halogens is 3. The quantitative estimate of drug-likeness (QED) is 0.277. The van der Waals surface area contributed by atoms with Crippen LogP contribution in [0.3, 0.4) is 0 Å². The highest BCUT2D eigenvalue weighted by molar-refractivity contribution is 7.98. The molecule has 0 radical (unpaired) electrons. The molecule has 1 aliphatic carbocycles. The van der Waals surface area contributed by atoms with Gasteiger partial charge in [0, 0.05) is 22.3 Å². The fraction of sp³-hybridized carbons (Fsp3) is 0.375. The average molecular weight is 524 g/mol. The third kappa shape index (κ3) is 7.54. The van der Waals surface area contributed by atoms with E-state index in [1.54, 1.807) is 23.9 Å². The lowest BCUT2D eigenvalue weighted by molar-refractivity contribution is -0.137. The maximum Gasteiger partial charge on any atom is 0.416 e. The molecule has 6 N–H and O–H groups in total. The van der Waals surface area contributed by atoms with Crippen LogP contribution in [0.4, 0.5) is 29.3 Å². The average Bonchev–Trinajstić information content (AvgIpc) is 2.83. The Kier molecular flexibility index (Phi) is 9.08. The van der Waals surface area contributed by atoms with Gasteiger partial charge in [0.1, 0.15) is 0 Å². The van der Waals surface area contributed by atoms with Crippen molar-refractivity contribution in [1.82, 2.24) is 16.0 Å². The molecule has 4 amide bonds. The van der Waals surface area contributed by atoms with E-state index in [0.29, 0.717) is 24.6 Å². The number of carbonyl (C=O) groups excluding carboxylic acids is 3. The van der Waals surface area contributed by atoms with Gasteiger partial charge in [-0.2, -0.15) is 13.2 Å². The minimum atomic E-state index is -4.63. The first-order chi connectivity index (χ1) is 17.1. The number of hydrogen-bond acceptors (Lipinski definition) is 5. The molecule has 2 aromatic carbocycles. The van der Waals surface area contributed by atoms with Gasteiger partial charge in [0.2, 0.25) is 5.91 Å². The molecule has 0 saturated heterocycles. The van der Waals surface area contributed by atoms with Gasteiger partial charge in [-0.25, -0.2) is 4.79 Å². The summed E-state index contributed by atoms with van der Waals surface area (Å²) < 4.78 is 38.8. The van der Waals surface area contributed by atoms with Crippen molar-refractivity contribution >= 4 is 41.0 Å². The molecule has 3 rings (SSSR count). The molecule has 0 aliphatic heterocycles. The summed E-state index contributed by atoms with van der Waals surface area (Å²) in [4.78, 5) is 38.4. The van der Waals surface area contributed by atoms with Crippen LogP contribution in [-0.2, 0) is 11.0 Å². The van der Waals surface area contributed by atoms with Crippen LogP contribution in [0.15, 0.2) is 47.4 Å². The lowest BCUT2D eigenvalue weighted by atomic mass is 9.90. The van der Waals surface area contributed by atoms with E-state index in [1.807, 2.05) is 18.4 Å². The van der Waals surface area contributed by atoms with Crippen LogP contribution in [0, 0.1) is 0 Å². The van der Waals surface area contributed by atoms with E-state index in [1.165, 1.54) is 0 Å². The van der Waals surface area contributed by atoms with E-state index in [2.05, 4.69) is 21.3 Å². The molecule has 1 aliphatic rings. The molecule has 1 fully saturated rings. The van der Waals surface area contributed by atoms with Crippen molar-refractivity contribution in [3.63, 3.8) is 0 Å². The summed E-state index contributed by atoms with van der Waals surface area (Å²) in [6.45, 7) is -0.453. The molecule has 0 spiro atoms. The van der Waals surface area contributed by atoms with Crippen LogP contribution < -0.4 is 27.0 Å². The molecular formula is C24H28F3N5O3S. The minimum Gasteiger partial charge on any atom is -0.398 e. The molecule has 1 saturated carbocycles. The fourth-order valence-corrected chi connectivity index (χ4v) is 4.34. The minimum absolute atomic E-state index is 0.133. The number of benzene rings is 2. The summed E-state index contributed by atoms with van der Waals surface area (Å²) in [7, 11) is 0. The molecule has 12 heteroatoms. The highest BCUT2D eigenvalue weighted by Crippen LogP contribution is 2.31. The van der Waals surface area contributed by atoms with E-state index in [9.17, 15) is 27.6 Å². The predicted molar refractivity (Wildman–Crippen MR) is 133 cm³/mol. The smallest absolute Gasteiger partial charge is 0.398 e. The molecule has 0 bridgehead atoms. The molecule has 0 heterocycles. The standard InChI is InChI=1S/C24H28F3N5O3S/c1-36-16-9-7-15(8-10-16)30-23(35)32-20-5-3-2-4-19(20)31-21(33)13-29-22(34)17-12-14(24(25,26)27)6-11-18(17)28/h6-12,19-20H,2-5,13,28H2,1H3,(H,29,34)(H,31,33)(H2,30,32,35)/t19-,20+/m0/s1. The first-order valence-electron chi connectivity index (χ1n) is 11.3. The zero-order valence-corrected chi connectivity index (χ0v) is 20.4. The monoisotopic (exact) mass is 523 g/mol. The molecular weight excluding hydrogens is 495 g/mol. The molecule has 36 heavy (non-hydrogen) atoms. The van der Waals surface area contributed by atoms with Gasteiger partial charge in [0.05, 0.1) is 23.7 Å². The summed E-state index contributed by atoms with van der Waals surface area (Å²) in [5.74, 6) is -1.42. The third-order valence-electron chi connectivity index (χ3n) is 5.81. The van der Waals surface area contributed by atoms with Gasteiger partial charge >= 0.3 is 12.2 Å². The molecule has 2 atom stereocenters. The van der Waals surface area contributed by atoms with Crippen LogP contribution >= 0.6 is 11.8 Å². The second kappa shape index (κ2) is 12.0. The van der Waals surface area contributed by atoms with Crippen molar-refractivity contribution in [3.8, 4) is 0 Å². The van der Waals surface area contributed by atoms with E-state index < -0.39 is 36.1 Å². The number of rotatable bonds is 7. The SMILES string of the molecule is CSc1ccc(NC(=O)N[C@@H]2CCCC[C@@H]2NC(=O)CNC(=O)c2cc(C(F)(F)F)ccc2N)cc1. The first kappa shape index (κ1) is 27.2. The summed E-state index contributed by atoms with van der Waals surface area (Å²) in [6.07, 6.45) is 0.357. The Morgan fingerprint density at radius 3 is 2.25 bits per heavy atom. The van der Waals surface area contributed by atoms with Gasteiger partial charge in [-0.1, -0.05) is 12.8 Å². The number of amides is 4. The van der Waals surface area contributed by atoms with Crippen molar-refractivity contribution in [2.45, 2.75) is 48.8 Å². The van der Waals surface area contributed by atoms with Gasteiger partial charge in [-0.05, 0) is 61.6 Å². The summed E-state index contributed by atoms with van der Waals surface area (Å²) in [5.41, 5.74) is 4.78. The largest absolute Gasteiger partial charge is 0.416 e. The second-order valence-corrected chi connectivity index (χ2v) is 9.25. The van der Waals surface area contributed by atoms with Crippen LogP contribution in [0.5, 0.6) is 0 Å². The summed E-state index contributed by atoms with van der Waals surface area (Å²) in [6, 6.07) is 8.74. The predicted octanol–water partition coefficient (Wildman–Crippen LogP) is 3.99. The first-order valence-corrected chi connectivity index (χ1v) is 12.5. The van der Waals surface area contributed by atoms with Gasteiger partial charge < -0.3 is 27.0 Å². The van der Waals surface area contributed by atoms with Gasteiger partial charge in [0.25, 0.3) is 5.91 Å². The molecule has 2 aromatic rings. The van der Waals surface area contributed by atoms with Crippen molar-refractivity contribution in [2.24, 2.45) is 0 Å². The van der Waals surface area contributed by atoms with Gasteiger partial charge in [-0.15, -0.1) is 11.8 Å². The molecule has 0 aromatic heterocycles. The van der Waals surface area contributed by atoms with Crippen LogP contribution in [0.2, 0.25) is 0 Å². The number of nitrogen functional groups attached to an aromatic ring is 1. The van der Waals surface area contributed by atoms with E-state index in [4.69, 9.17) is 5.73 Å². The Hall–Kier alpha value is -3.41.